The van der Waals surface area contributed by atoms with Crippen molar-refractivity contribution in [2.45, 2.75) is 104 Å². The van der Waals surface area contributed by atoms with E-state index < -0.39 is 5.79 Å². The monoisotopic (exact) mass is 472 g/mol. The third-order valence-corrected chi connectivity index (χ3v) is 11.2. The number of ketones is 1. The fourth-order valence-corrected chi connectivity index (χ4v) is 9.33. The number of fused-ring (bicyclic) bond motifs is 7. The molecule has 5 nitrogen and oxygen atoms in total. The van der Waals surface area contributed by atoms with E-state index in [4.69, 9.17) is 9.47 Å². The van der Waals surface area contributed by atoms with Gasteiger partial charge in [0.1, 0.15) is 0 Å². The first-order valence-electron chi connectivity index (χ1n) is 13.8. The number of hydrogen-bond donors (Lipinski definition) is 1. The summed E-state index contributed by atoms with van der Waals surface area (Å²) in [4.78, 5) is 23.2. The van der Waals surface area contributed by atoms with Gasteiger partial charge in [0.2, 0.25) is 0 Å². The Morgan fingerprint density at radius 1 is 1.24 bits per heavy atom. The van der Waals surface area contributed by atoms with Crippen molar-refractivity contribution in [2.24, 2.45) is 46.3 Å². The molecule has 3 saturated carbocycles. The molecule has 1 N–H and O–H groups in total. The summed E-state index contributed by atoms with van der Waals surface area (Å²) in [6, 6.07) is 0. The van der Waals surface area contributed by atoms with Gasteiger partial charge in [-0.05, 0) is 91.4 Å². The van der Waals surface area contributed by atoms with E-state index in [0.717, 1.165) is 25.7 Å². The van der Waals surface area contributed by atoms with Crippen molar-refractivity contribution in [1.29, 1.82) is 0 Å². The molecule has 1 aliphatic heterocycles. The van der Waals surface area contributed by atoms with Gasteiger partial charge < -0.3 is 14.6 Å². The average Bonchev–Trinajstić information content (AvgIpc) is 3.21. The molecular formula is C29H44O5. The second-order valence-electron chi connectivity index (χ2n) is 13.0. The van der Waals surface area contributed by atoms with E-state index >= 15 is 0 Å². The molecular weight excluding hydrogens is 428 g/mol. The molecule has 4 aliphatic carbocycles. The molecule has 0 aromatic heterocycles. The lowest BCUT2D eigenvalue weighted by Crippen LogP contribution is -2.51. The maximum atomic E-state index is 12.1. The SMILES string of the molecule is CC(=O)OC[C@H](C)CCC1(O)O[C@H]2C[C@H]3[C@@H]4CCC5=CC(=O)CC[C@]5(C)[C@H]4CC[C@]3(C)[C@H]2[C@@H]1C. The van der Waals surface area contributed by atoms with Crippen molar-refractivity contribution >= 4 is 11.8 Å². The molecule has 4 fully saturated rings. The largest absolute Gasteiger partial charge is 0.466 e. The van der Waals surface area contributed by atoms with Crippen LogP contribution in [0.2, 0.25) is 0 Å². The van der Waals surface area contributed by atoms with Gasteiger partial charge in [0.25, 0.3) is 0 Å². The van der Waals surface area contributed by atoms with Gasteiger partial charge in [-0.2, -0.15) is 0 Å². The first-order chi connectivity index (χ1) is 16.0. The minimum atomic E-state index is -1.08. The van der Waals surface area contributed by atoms with Crippen LogP contribution in [-0.4, -0.2) is 35.4 Å². The molecule has 5 aliphatic rings. The zero-order chi connectivity index (χ0) is 24.5. The Balaban J connectivity index is 1.30. The molecule has 0 aromatic carbocycles. The van der Waals surface area contributed by atoms with E-state index in [-0.39, 0.29) is 34.7 Å². The Morgan fingerprint density at radius 2 is 2.00 bits per heavy atom. The Hall–Kier alpha value is -1.20. The van der Waals surface area contributed by atoms with Crippen molar-refractivity contribution in [1.82, 2.24) is 0 Å². The van der Waals surface area contributed by atoms with E-state index in [1.165, 1.54) is 31.8 Å². The van der Waals surface area contributed by atoms with Crippen LogP contribution in [0, 0.1) is 46.3 Å². The summed E-state index contributed by atoms with van der Waals surface area (Å²) in [5.74, 6) is 1.72. The number of ether oxygens (including phenoxy) is 2. The summed E-state index contributed by atoms with van der Waals surface area (Å²) < 4.78 is 11.7. The summed E-state index contributed by atoms with van der Waals surface area (Å²) in [7, 11) is 0. The van der Waals surface area contributed by atoms with E-state index in [2.05, 4.69) is 27.7 Å². The van der Waals surface area contributed by atoms with E-state index in [1.807, 2.05) is 6.08 Å². The highest BCUT2D eigenvalue weighted by Gasteiger charge is 2.67. The van der Waals surface area contributed by atoms with Crippen LogP contribution in [0.4, 0.5) is 0 Å². The van der Waals surface area contributed by atoms with Gasteiger partial charge in [-0.25, -0.2) is 0 Å². The number of allylic oxidation sites excluding steroid dienone is 1. The molecule has 0 bridgehead atoms. The summed E-state index contributed by atoms with van der Waals surface area (Å²) >= 11 is 0. The van der Waals surface area contributed by atoms with Crippen LogP contribution in [0.15, 0.2) is 11.6 Å². The van der Waals surface area contributed by atoms with Crippen molar-refractivity contribution in [3.05, 3.63) is 11.6 Å². The van der Waals surface area contributed by atoms with Crippen LogP contribution in [0.5, 0.6) is 0 Å². The molecule has 0 aromatic rings. The fourth-order valence-electron chi connectivity index (χ4n) is 9.33. The minimum Gasteiger partial charge on any atom is -0.466 e. The Labute approximate surface area is 205 Å². The quantitative estimate of drug-likeness (QED) is 0.539. The number of carbonyl (C=O) groups is 2. The molecule has 10 atom stereocenters. The van der Waals surface area contributed by atoms with E-state index in [0.29, 0.717) is 48.9 Å². The maximum Gasteiger partial charge on any atom is 0.302 e. The van der Waals surface area contributed by atoms with Gasteiger partial charge in [-0.15, -0.1) is 0 Å². The summed E-state index contributed by atoms with van der Waals surface area (Å²) in [5, 5.41) is 11.6. The minimum absolute atomic E-state index is 0.104. The van der Waals surface area contributed by atoms with Crippen LogP contribution < -0.4 is 0 Å². The first kappa shape index (κ1) is 24.5. The predicted octanol–water partition coefficient (Wildman–Crippen LogP) is 5.45. The molecule has 34 heavy (non-hydrogen) atoms. The highest BCUT2D eigenvalue weighted by atomic mass is 16.6. The molecule has 190 valence electrons. The summed E-state index contributed by atoms with van der Waals surface area (Å²) in [6.07, 6.45) is 11.0. The smallest absolute Gasteiger partial charge is 0.302 e. The van der Waals surface area contributed by atoms with Gasteiger partial charge >= 0.3 is 5.97 Å². The second-order valence-corrected chi connectivity index (χ2v) is 13.0. The standard InChI is InChI=1S/C29H44O5/c1-17(16-33-19(3)30)8-13-29(32)18(2)26-25(34-29)15-24-22-7-6-20-14-21(31)9-11-27(20,4)23(22)10-12-28(24,26)5/h14,17-18,22-26,32H,6-13,15-16H2,1-5H3/t17-,18+,22-,23+,24+,25+,26+,27+,28+,29?/m1/s1. The van der Waals surface area contributed by atoms with Crippen LogP contribution in [0.3, 0.4) is 0 Å². The lowest BCUT2D eigenvalue weighted by Gasteiger charge is -2.58. The lowest BCUT2D eigenvalue weighted by molar-refractivity contribution is -0.221. The van der Waals surface area contributed by atoms with Gasteiger partial charge in [0, 0.05) is 25.7 Å². The zero-order valence-corrected chi connectivity index (χ0v) is 21.8. The highest BCUT2D eigenvalue weighted by molar-refractivity contribution is 5.91. The van der Waals surface area contributed by atoms with Gasteiger partial charge in [-0.3, -0.25) is 9.59 Å². The molecule has 0 spiro atoms. The summed E-state index contributed by atoms with van der Waals surface area (Å²) in [5.41, 5.74) is 1.83. The van der Waals surface area contributed by atoms with Crippen LogP contribution >= 0.6 is 0 Å². The third-order valence-electron chi connectivity index (χ3n) is 11.2. The van der Waals surface area contributed by atoms with Crippen molar-refractivity contribution in [2.75, 3.05) is 6.61 Å². The van der Waals surface area contributed by atoms with Crippen LogP contribution in [0.1, 0.15) is 92.4 Å². The van der Waals surface area contributed by atoms with Crippen LogP contribution in [-0.2, 0) is 19.1 Å². The second kappa shape index (κ2) is 8.44. The van der Waals surface area contributed by atoms with Gasteiger partial charge in [-0.1, -0.05) is 33.3 Å². The van der Waals surface area contributed by atoms with Gasteiger partial charge in [0.15, 0.2) is 11.6 Å². The highest BCUT2D eigenvalue weighted by Crippen LogP contribution is 2.70. The molecule has 5 heteroatoms. The number of aliphatic hydroxyl groups is 1. The molecule has 0 amide bonds. The molecule has 0 radical (unpaired) electrons. The van der Waals surface area contributed by atoms with E-state index in [1.54, 1.807) is 0 Å². The molecule has 5 rings (SSSR count). The fraction of sp³-hybridized carbons (Fsp3) is 0.862. The summed E-state index contributed by atoms with van der Waals surface area (Å²) in [6.45, 7) is 11.0. The Bertz CT molecular complexity index is 880. The van der Waals surface area contributed by atoms with Gasteiger partial charge in [0.05, 0.1) is 12.7 Å². The third kappa shape index (κ3) is 3.72. The molecule has 1 unspecified atom stereocenters. The van der Waals surface area contributed by atoms with Crippen LogP contribution in [0.25, 0.3) is 0 Å². The molecule has 1 heterocycles. The maximum absolute atomic E-state index is 12.1. The number of hydrogen-bond acceptors (Lipinski definition) is 5. The predicted molar refractivity (Wildman–Crippen MR) is 130 cm³/mol. The molecule has 1 saturated heterocycles. The van der Waals surface area contributed by atoms with E-state index in [9.17, 15) is 14.7 Å². The zero-order valence-electron chi connectivity index (χ0n) is 21.8. The average molecular weight is 473 g/mol. The van der Waals surface area contributed by atoms with Crippen molar-refractivity contribution < 1.29 is 24.2 Å². The first-order valence-corrected chi connectivity index (χ1v) is 13.8. The Kier molecular flexibility index (Phi) is 6.08. The normalized spacial score (nSPS) is 48.3. The van der Waals surface area contributed by atoms with Crippen molar-refractivity contribution in [3.8, 4) is 0 Å². The lowest BCUT2D eigenvalue weighted by atomic mass is 9.46. The number of rotatable bonds is 5. The number of esters is 1. The van der Waals surface area contributed by atoms with Crippen molar-refractivity contribution in [3.63, 3.8) is 0 Å². The Morgan fingerprint density at radius 3 is 2.74 bits per heavy atom. The number of carbonyl (C=O) groups excluding carboxylic acids is 2. The topological polar surface area (TPSA) is 72.8 Å².